The van der Waals surface area contributed by atoms with Crippen LogP contribution in [0, 0.1) is 0 Å². The average Bonchev–Trinajstić information content (AvgIpc) is 2.95. The Hall–Kier alpha value is -1.85. The molecule has 1 aromatic rings. The lowest BCUT2D eigenvalue weighted by Gasteiger charge is -2.22. The Morgan fingerprint density at radius 3 is 2.67 bits per heavy atom. The summed E-state index contributed by atoms with van der Waals surface area (Å²) in [4.78, 5) is 29.7. The number of carbonyl (C=O) groups is 1. The van der Waals surface area contributed by atoms with E-state index < -0.39 is 17.2 Å². The minimum atomic E-state index is -0.567. The number of ether oxygens (including phenoxy) is 1. The Morgan fingerprint density at radius 1 is 1.50 bits per heavy atom. The van der Waals surface area contributed by atoms with Crippen LogP contribution in [0.25, 0.3) is 0 Å². The van der Waals surface area contributed by atoms with Gasteiger partial charge in [-0.05, 0) is 33.6 Å². The summed E-state index contributed by atoms with van der Waals surface area (Å²) < 4.78 is 5.20. The third-order valence-corrected chi connectivity index (χ3v) is 2.61. The molecule has 6 heteroatoms. The SMILES string of the molecule is CC(C)(C)OC(=O)NC1(c2nccc(=O)[nH]2)CC1. The summed E-state index contributed by atoms with van der Waals surface area (Å²) in [6, 6.07) is 1.34. The van der Waals surface area contributed by atoms with Gasteiger partial charge in [0.1, 0.15) is 17.0 Å². The maximum Gasteiger partial charge on any atom is 0.408 e. The molecular weight excluding hydrogens is 234 g/mol. The maximum atomic E-state index is 11.7. The van der Waals surface area contributed by atoms with Gasteiger partial charge in [-0.15, -0.1) is 0 Å². The Labute approximate surface area is 105 Å². The molecule has 0 bridgehead atoms. The standard InChI is InChI=1S/C12H17N3O3/c1-11(2,3)18-10(17)15-12(5-6-12)9-13-7-4-8(16)14-9/h4,7H,5-6H2,1-3H3,(H,15,17)(H,13,14,16). The second kappa shape index (κ2) is 4.12. The number of alkyl carbamates (subject to hydrolysis) is 1. The van der Waals surface area contributed by atoms with Crippen LogP contribution in [0.5, 0.6) is 0 Å². The molecule has 1 saturated carbocycles. The van der Waals surface area contributed by atoms with Crippen molar-refractivity contribution in [3.05, 3.63) is 28.4 Å². The molecule has 0 aliphatic heterocycles. The maximum absolute atomic E-state index is 11.7. The average molecular weight is 251 g/mol. The molecule has 0 aromatic carbocycles. The molecule has 0 radical (unpaired) electrons. The summed E-state index contributed by atoms with van der Waals surface area (Å²) in [7, 11) is 0. The van der Waals surface area contributed by atoms with Crippen molar-refractivity contribution < 1.29 is 9.53 Å². The van der Waals surface area contributed by atoms with Crippen molar-refractivity contribution >= 4 is 6.09 Å². The molecule has 98 valence electrons. The van der Waals surface area contributed by atoms with Crippen LogP contribution in [0.15, 0.2) is 17.1 Å². The summed E-state index contributed by atoms with van der Waals surface area (Å²) in [5.74, 6) is 0.487. The molecule has 1 aromatic heterocycles. The third kappa shape index (κ3) is 2.88. The van der Waals surface area contributed by atoms with Crippen LogP contribution in [0.3, 0.4) is 0 Å². The lowest BCUT2D eigenvalue weighted by atomic mass is 10.2. The first kappa shape index (κ1) is 12.6. The Kier molecular flexibility index (Phi) is 2.88. The molecule has 0 unspecified atom stereocenters. The van der Waals surface area contributed by atoms with Crippen molar-refractivity contribution in [2.75, 3.05) is 0 Å². The number of rotatable bonds is 2. The highest BCUT2D eigenvalue weighted by molar-refractivity contribution is 5.69. The van der Waals surface area contributed by atoms with Gasteiger partial charge < -0.3 is 15.0 Å². The van der Waals surface area contributed by atoms with Gasteiger partial charge in [-0.1, -0.05) is 0 Å². The summed E-state index contributed by atoms with van der Waals surface area (Å²) in [5, 5.41) is 2.77. The van der Waals surface area contributed by atoms with Crippen LogP contribution in [-0.2, 0) is 10.3 Å². The summed E-state index contributed by atoms with van der Waals surface area (Å²) in [6.45, 7) is 5.40. The van der Waals surface area contributed by atoms with Gasteiger partial charge in [0.15, 0.2) is 0 Å². The van der Waals surface area contributed by atoms with Crippen molar-refractivity contribution in [2.24, 2.45) is 0 Å². The highest BCUT2D eigenvalue weighted by Gasteiger charge is 2.48. The van der Waals surface area contributed by atoms with E-state index in [4.69, 9.17) is 4.74 Å². The fraction of sp³-hybridized carbons (Fsp3) is 0.583. The van der Waals surface area contributed by atoms with Gasteiger partial charge in [-0.3, -0.25) is 4.79 Å². The van der Waals surface area contributed by atoms with Gasteiger partial charge in [0, 0.05) is 12.3 Å². The zero-order chi connectivity index (χ0) is 13.4. The van der Waals surface area contributed by atoms with E-state index in [2.05, 4.69) is 15.3 Å². The topological polar surface area (TPSA) is 84.1 Å². The molecular formula is C12H17N3O3. The van der Waals surface area contributed by atoms with Crippen molar-refractivity contribution in [3.8, 4) is 0 Å². The van der Waals surface area contributed by atoms with Crippen molar-refractivity contribution in [2.45, 2.75) is 44.8 Å². The zero-order valence-corrected chi connectivity index (χ0v) is 10.7. The number of aromatic nitrogens is 2. The van der Waals surface area contributed by atoms with Crippen LogP contribution in [-0.4, -0.2) is 21.7 Å². The Bertz CT molecular complexity index is 512. The normalized spacial score (nSPS) is 17.1. The Morgan fingerprint density at radius 2 is 2.17 bits per heavy atom. The molecule has 0 atom stereocenters. The molecule has 6 nitrogen and oxygen atoms in total. The number of H-pyrrole nitrogens is 1. The molecule has 1 aliphatic carbocycles. The second-order valence-corrected chi connectivity index (χ2v) is 5.49. The minimum absolute atomic E-state index is 0.225. The fourth-order valence-electron chi connectivity index (χ4n) is 1.66. The molecule has 18 heavy (non-hydrogen) atoms. The van der Waals surface area contributed by atoms with E-state index in [0.29, 0.717) is 5.82 Å². The summed E-state index contributed by atoms with van der Waals surface area (Å²) >= 11 is 0. The Balaban J connectivity index is 2.09. The zero-order valence-electron chi connectivity index (χ0n) is 10.7. The first-order valence-corrected chi connectivity index (χ1v) is 5.88. The van der Waals surface area contributed by atoms with E-state index in [1.165, 1.54) is 12.3 Å². The van der Waals surface area contributed by atoms with Gasteiger partial charge >= 0.3 is 6.09 Å². The number of nitrogens with zero attached hydrogens (tertiary/aromatic N) is 1. The lowest BCUT2D eigenvalue weighted by molar-refractivity contribution is 0.0492. The molecule has 2 N–H and O–H groups in total. The van der Waals surface area contributed by atoms with Crippen molar-refractivity contribution in [3.63, 3.8) is 0 Å². The predicted octanol–water partition coefficient (Wildman–Crippen LogP) is 1.28. The van der Waals surface area contributed by atoms with Gasteiger partial charge in [0.25, 0.3) is 5.56 Å². The number of nitrogens with one attached hydrogen (secondary N) is 2. The first-order chi connectivity index (χ1) is 8.31. The van der Waals surface area contributed by atoms with Crippen LogP contribution in [0.2, 0.25) is 0 Å². The van der Waals surface area contributed by atoms with Gasteiger partial charge in [0.05, 0.1) is 0 Å². The smallest absolute Gasteiger partial charge is 0.408 e. The fourth-order valence-corrected chi connectivity index (χ4v) is 1.66. The van der Waals surface area contributed by atoms with E-state index in [9.17, 15) is 9.59 Å². The van der Waals surface area contributed by atoms with E-state index in [1.54, 1.807) is 20.8 Å². The van der Waals surface area contributed by atoms with E-state index in [0.717, 1.165) is 12.8 Å². The predicted molar refractivity (Wildman–Crippen MR) is 65.1 cm³/mol. The molecule has 1 amide bonds. The van der Waals surface area contributed by atoms with Crippen molar-refractivity contribution in [1.82, 2.24) is 15.3 Å². The molecule has 0 saturated heterocycles. The monoisotopic (exact) mass is 251 g/mol. The molecule has 0 spiro atoms. The van der Waals surface area contributed by atoms with Crippen LogP contribution >= 0.6 is 0 Å². The lowest BCUT2D eigenvalue weighted by Crippen LogP contribution is -2.40. The van der Waals surface area contributed by atoms with Crippen LogP contribution < -0.4 is 10.9 Å². The van der Waals surface area contributed by atoms with E-state index in [-0.39, 0.29) is 5.56 Å². The van der Waals surface area contributed by atoms with Gasteiger partial charge in [-0.25, -0.2) is 9.78 Å². The summed E-state index contributed by atoms with van der Waals surface area (Å²) in [6.07, 6.45) is 2.44. The van der Waals surface area contributed by atoms with Crippen LogP contribution in [0.1, 0.15) is 39.4 Å². The molecule has 1 heterocycles. The highest BCUT2D eigenvalue weighted by atomic mass is 16.6. The summed E-state index contributed by atoms with van der Waals surface area (Å²) in [5.41, 5.74) is -1.34. The highest BCUT2D eigenvalue weighted by Crippen LogP contribution is 2.43. The van der Waals surface area contributed by atoms with Gasteiger partial charge in [0.2, 0.25) is 0 Å². The van der Waals surface area contributed by atoms with Crippen molar-refractivity contribution in [1.29, 1.82) is 0 Å². The minimum Gasteiger partial charge on any atom is -0.444 e. The molecule has 2 rings (SSSR count). The van der Waals surface area contributed by atoms with E-state index in [1.807, 2.05) is 0 Å². The number of aromatic amines is 1. The second-order valence-electron chi connectivity index (χ2n) is 5.49. The number of hydrogen-bond donors (Lipinski definition) is 2. The first-order valence-electron chi connectivity index (χ1n) is 5.88. The third-order valence-electron chi connectivity index (χ3n) is 2.61. The molecule has 1 aliphatic rings. The van der Waals surface area contributed by atoms with Gasteiger partial charge in [-0.2, -0.15) is 0 Å². The van der Waals surface area contributed by atoms with E-state index >= 15 is 0 Å². The number of carbonyl (C=O) groups excluding carboxylic acids is 1. The van der Waals surface area contributed by atoms with Crippen LogP contribution in [0.4, 0.5) is 4.79 Å². The largest absolute Gasteiger partial charge is 0.444 e. The number of hydrogen-bond acceptors (Lipinski definition) is 4. The number of amides is 1. The quantitative estimate of drug-likeness (QED) is 0.829. The molecule has 1 fully saturated rings.